The van der Waals surface area contributed by atoms with Crippen molar-refractivity contribution < 1.29 is 9.26 Å². The number of benzene rings is 1. The molecular formula is C21H22ClN5O2S2. The maximum Gasteiger partial charge on any atom is 0.258 e. The first kappa shape index (κ1) is 21.9. The molecule has 3 aromatic heterocycles. The van der Waals surface area contributed by atoms with Gasteiger partial charge in [-0.3, -0.25) is 0 Å². The predicted octanol–water partition coefficient (Wildman–Crippen LogP) is 6.28. The number of rotatable bonds is 10. The van der Waals surface area contributed by atoms with E-state index in [1.807, 2.05) is 35.0 Å². The van der Waals surface area contributed by atoms with Gasteiger partial charge in [-0.15, -0.1) is 10.2 Å². The Kier molecular flexibility index (Phi) is 7.26. The molecule has 0 spiro atoms. The lowest BCUT2D eigenvalue weighted by Crippen LogP contribution is -2.14. The van der Waals surface area contributed by atoms with Crippen LogP contribution in [0.5, 0.6) is 5.75 Å². The fourth-order valence-corrected chi connectivity index (χ4v) is 4.86. The lowest BCUT2D eigenvalue weighted by atomic mass is 10.2. The fraction of sp³-hybridized carbons (Fsp3) is 0.333. The molecule has 0 saturated carbocycles. The van der Waals surface area contributed by atoms with Crippen LogP contribution in [0.25, 0.3) is 11.5 Å². The second kappa shape index (κ2) is 10.3. The SMILES string of the molecule is CCC(CC)n1c(COc2ccccc2Cl)nnc1SCc1noc(-c2ccsc2)n1. The summed E-state index contributed by atoms with van der Waals surface area (Å²) >= 11 is 9.35. The molecule has 0 unspecified atom stereocenters. The number of para-hydroxylation sites is 1. The van der Waals surface area contributed by atoms with E-state index in [4.69, 9.17) is 20.9 Å². The molecule has 0 atom stereocenters. The molecule has 0 N–H and O–H groups in total. The van der Waals surface area contributed by atoms with Gasteiger partial charge in [-0.2, -0.15) is 16.3 Å². The quantitative estimate of drug-likeness (QED) is 0.250. The number of ether oxygens (including phenoxy) is 1. The van der Waals surface area contributed by atoms with Crippen LogP contribution in [0.1, 0.15) is 44.4 Å². The van der Waals surface area contributed by atoms with Crippen LogP contribution >= 0.6 is 34.7 Å². The van der Waals surface area contributed by atoms with Crippen molar-refractivity contribution in [2.75, 3.05) is 0 Å². The molecule has 1 aromatic carbocycles. The average molecular weight is 476 g/mol. The summed E-state index contributed by atoms with van der Waals surface area (Å²) in [6.07, 6.45) is 1.93. The monoisotopic (exact) mass is 475 g/mol. The van der Waals surface area contributed by atoms with Gasteiger partial charge in [0, 0.05) is 11.4 Å². The standard InChI is InChI=1S/C21H22ClN5O2S2/c1-3-15(4-2)27-19(11-28-17-8-6-5-7-16(17)22)24-25-21(27)31-13-18-23-20(29-26-18)14-9-10-30-12-14/h5-10,12,15H,3-4,11,13H2,1-2H3. The molecule has 4 rings (SSSR count). The lowest BCUT2D eigenvalue weighted by Gasteiger charge is -2.19. The molecule has 0 saturated heterocycles. The van der Waals surface area contributed by atoms with Crippen molar-refractivity contribution in [2.24, 2.45) is 0 Å². The van der Waals surface area contributed by atoms with E-state index in [9.17, 15) is 0 Å². The maximum absolute atomic E-state index is 6.22. The number of nitrogens with zero attached hydrogens (tertiary/aromatic N) is 5. The van der Waals surface area contributed by atoms with E-state index in [1.165, 1.54) is 0 Å². The number of thiophene rings is 1. The minimum absolute atomic E-state index is 0.272. The molecule has 4 aromatic rings. The Morgan fingerprint density at radius 3 is 2.77 bits per heavy atom. The summed E-state index contributed by atoms with van der Waals surface area (Å²) in [4.78, 5) is 4.49. The molecule has 10 heteroatoms. The summed E-state index contributed by atoms with van der Waals surface area (Å²) in [5.41, 5.74) is 0.938. The van der Waals surface area contributed by atoms with Gasteiger partial charge in [0.1, 0.15) is 12.4 Å². The minimum atomic E-state index is 0.272. The van der Waals surface area contributed by atoms with Crippen LogP contribution in [0, 0.1) is 0 Å². The number of thioether (sulfide) groups is 1. The smallest absolute Gasteiger partial charge is 0.258 e. The van der Waals surface area contributed by atoms with Crippen molar-refractivity contribution in [3.05, 3.63) is 57.8 Å². The van der Waals surface area contributed by atoms with Gasteiger partial charge < -0.3 is 13.8 Å². The highest BCUT2D eigenvalue weighted by molar-refractivity contribution is 7.98. The zero-order chi connectivity index (χ0) is 21.6. The van der Waals surface area contributed by atoms with Crippen molar-refractivity contribution in [3.8, 4) is 17.2 Å². The number of hydrogen-bond acceptors (Lipinski definition) is 8. The van der Waals surface area contributed by atoms with Gasteiger partial charge in [-0.05, 0) is 36.4 Å². The van der Waals surface area contributed by atoms with Crippen LogP contribution in [0.15, 0.2) is 50.8 Å². The van der Waals surface area contributed by atoms with Crippen LogP contribution in [-0.4, -0.2) is 24.9 Å². The third-order valence-electron chi connectivity index (χ3n) is 4.80. The zero-order valence-electron chi connectivity index (χ0n) is 17.2. The second-order valence-corrected chi connectivity index (χ2v) is 8.90. The van der Waals surface area contributed by atoms with E-state index in [0.29, 0.717) is 28.2 Å². The van der Waals surface area contributed by atoms with Gasteiger partial charge in [0.05, 0.1) is 16.3 Å². The largest absolute Gasteiger partial charge is 0.484 e. The average Bonchev–Trinajstić information content (AvgIpc) is 3.54. The van der Waals surface area contributed by atoms with Crippen LogP contribution in [0.2, 0.25) is 5.02 Å². The summed E-state index contributed by atoms with van der Waals surface area (Å²) in [5, 5.41) is 18.3. The van der Waals surface area contributed by atoms with E-state index < -0.39 is 0 Å². The summed E-state index contributed by atoms with van der Waals surface area (Å²) in [7, 11) is 0. The van der Waals surface area contributed by atoms with Gasteiger partial charge in [0.15, 0.2) is 16.8 Å². The van der Waals surface area contributed by atoms with E-state index >= 15 is 0 Å². The minimum Gasteiger partial charge on any atom is -0.484 e. The molecule has 0 aliphatic carbocycles. The Hall–Kier alpha value is -2.36. The van der Waals surface area contributed by atoms with Crippen molar-refractivity contribution in [1.29, 1.82) is 0 Å². The lowest BCUT2D eigenvalue weighted by molar-refractivity contribution is 0.278. The number of hydrogen-bond donors (Lipinski definition) is 0. The zero-order valence-corrected chi connectivity index (χ0v) is 19.6. The molecule has 7 nitrogen and oxygen atoms in total. The Morgan fingerprint density at radius 1 is 1.19 bits per heavy atom. The fourth-order valence-electron chi connectivity index (χ4n) is 3.17. The molecule has 0 fully saturated rings. The Morgan fingerprint density at radius 2 is 2.03 bits per heavy atom. The van der Waals surface area contributed by atoms with Gasteiger partial charge in [0.2, 0.25) is 0 Å². The highest BCUT2D eigenvalue weighted by Crippen LogP contribution is 2.30. The summed E-state index contributed by atoms with van der Waals surface area (Å²) in [6.45, 7) is 4.61. The van der Waals surface area contributed by atoms with Crippen molar-refractivity contribution >= 4 is 34.7 Å². The van der Waals surface area contributed by atoms with Gasteiger partial charge in [-0.1, -0.05) is 54.5 Å². The highest BCUT2D eigenvalue weighted by Gasteiger charge is 2.20. The Labute approximate surface area is 193 Å². The second-order valence-electron chi connectivity index (χ2n) is 6.77. The molecule has 31 heavy (non-hydrogen) atoms. The van der Waals surface area contributed by atoms with E-state index in [1.54, 1.807) is 29.2 Å². The Bertz CT molecular complexity index is 1110. The van der Waals surface area contributed by atoms with Gasteiger partial charge in [-0.25, -0.2) is 0 Å². The van der Waals surface area contributed by atoms with E-state index in [-0.39, 0.29) is 12.6 Å². The molecule has 0 aliphatic rings. The van der Waals surface area contributed by atoms with Crippen LogP contribution in [0.4, 0.5) is 0 Å². The normalized spacial score (nSPS) is 11.4. The van der Waals surface area contributed by atoms with Crippen LogP contribution in [0.3, 0.4) is 0 Å². The van der Waals surface area contributed by atoms with E-state index in [0.717, 1.165) is 29.4 Å². The molecule has 0 amide bonds. The molecule has 0 radical (unpaired) electrons. The molecule has 162 valence electrons. The third kappa shape index (κ3) is 5.11. The summed E-state index contributed by atoms with van der Waals surface area (Å²) in [5.74, 6) is 3.09. The first-order valence-corrected chi connectivity index (χ1v) is 12.3. The third-order valence-corrected chi connectivity index (χ3v) is 6.74. The van der Waals surface area contributed by atoms with E-state index in [2.05, 4.69) is 38.8 Å². The Balaban J connectivity index is 1.50. The molecular weight excluding hydrogens is 454 g/mol. The van der Waals surface area contributed by atoms with Crippen molar-refractivity contribution in [1.82, 2.24) is 24.9 Å². The number of aromatic nitrogens is 5. The molecule has 0 aliphatic heterocycles. The summed E-state index contributed by atoms with van der Waals surface area (Å²) in [6, 6.07) is 9.65. The first-order valence-electron chi connectivity index (χ1n) is 9.98. The number of halogens is 1. The topological polar surface area (TPSA) is 78.9 Å². The van der Waals surface area contributed by atoms with Crippen molar-refractivity contribution in [3.63, 3.8) is 0 Å². The predicted molar refractivity (Wildman–Crippen MR) is 123 cm³/mol. The van der Waals surface area contributed by atoms with Crippen LogP contribution < -0.4 is 4.74 Å². The van der Waals surface area contributed by atoms with Gasteiger partial charge >= 0.3 is 0 Å². The molecule has 0 bridgehead atoms. The van der Waals surface area contributed by atoms with Gasteiger partial charge in [0.25, 0.3) is 5.89 Å². The van der Waals surface area contributed by atoms with Crippen molar-refractivity contribution in [2.45, 2.75) is 50.2 Å². The van der Waals surface area contributed by atoms with Crippen LogP contribution in [-0.2, 0) is 12.4 Å². The maximum atomic E-state index is 6.22. The molecule has 3 heterocycles. The highest BCUT2D eigenvalue weighted by atomic mass is 35.5. The summed E-state index contributed by atoms with van der Waals surface area (Å²) < 4.78 is 13.5. The first-order chi connectivity index (χ1) is 15.2.